The fourth-order valence-corrected chi connectivity index (χ4v) is 9.66. The normalized spacial score (nSPS) is 29.9. The van der Waals surface area contributed by atoms with Crippen molar-refractivity contribution in [3.05, 3.63) is 16.7 Å². The van der Waals surface area contributed by atoms with E-state index in [1.165, 1.54) is 10.9 Å². The number of aromatic nitrogens is 4. The second-order valence-corrected chi connectivity index (χ2v) is 14.6. The molecule has 2 fully saturated rings. The first kappa shape index (κ1) is 20.5. The summed E-state index contributed by atoms with van der Waals surface area (Å²) < 4.78 is 20.6. The number of fused-ring (bicyclic) bond motifs is 2. The lowest BCUT2D eigenvalue weighted by Crippen LogP contribution is -2.65. The molecule has 2 aliphatic heterocycles. The van der Waals surface area contributed by atoms with Crippen LogP contribution in [0.25, 0.3) is 11.2 Å². The predicted molar refractivity (Wildman–Crippen MR) is 108 cm³/mol. The van der Waals surface area contributed by atoms with Gasteiger partial charge in [-0.3, -0.25) is 14.3 Å². The number of nitrogens with two attached hydrogens (primary N) is 1. The number of nitrogen functional groups attached to an aromatic ring is 1. The van der Waals surface area contributed by atoms with Gasteiger partial charge in [0.1, 0.15) is 18.3 Å². The molecule has 2 saturated heterocycles. The Kier molecular flexibility index (Phi) is 4.48. The van der Waals surface area contributed by atoms with Gasteiger partial charge in [0.25, 0.3) is 5.56 Å². The Morgan fingerprint density at radius 1 is 1.28 bits per heavy atom. The van der Waals surface area contributed by atoms with Crippen molar-refractivity contribution in [2.75, 3.05) is 12.3 Å². The van der Waals surface area contributed by atoms with Gasteiger partial charge in [0.05, 0.1) is 12.9 Å². The summed E-state index contributed by atoms with van der Waals surface area (Å²) in [5.41, 5.74) is 5.63. The molecule has 0 aliphatic carbocycles. The highest BCUT2D eigenvalue weighted by atomic mass is 28.4. The third-order valence-corrected chi connectivity index (χ3v) is 10.9. The Morgan fingerprint density at radius 3 is 2.55 bits per heavy atom. The molecular weight excluding hydrogens is 394 g/mol. The Morgan fingerprint density at radius 2 is 1.93 bits per heavy atom. The van der Waals surface area contributed by atoms with Crippen molar-refractivity contribution in [1.82, 2.24) is 19.5 Å². The van der Waals surface area contributed by atoms with Crippen LogP contribution in [0.4, 0.5) is 5.95 Å². The maximum atomic E-state index is 12.1. The molecule has 0 saturated carbocycles. The molecule has 0 bridgehead atoms. The molecule has 0 radical (unpaired) electrons. The average molecular weight is 424 g/mol. The number of aromatic amines is 1. The SMILES string of the molecule is CC(C)(C)[Si]1(C(C)(C)C)OC[C@H]2O[C@@H](n3cnc4c(=O)[nH]c(N)nc43)[C@H](O)[C@@H]2O1. The van der Waals surface area contributed by atoms with Crippen LogP contribution in [0.3, 0.4) is 0 Å². The fraction of sp³-hybridized carbons (Fsp3) is 0.722. The summed E-state index contributed by atoms with van der Waals surface area (Å²) in [4.78, 5) is 22.8. The number of ether oxygens (including phenoxy) is 1. The van der Waals surface area contributed by atoms with Crippen LogP contribution >= 0.6 is 0 Å². The summed E-state index contributed by atoms with van der Waals surface area (Å²) >= 11 is 0. The minimum absolute atomic E-state index is 0.0272. The molecule has 2 aliphatic rings. The number of hydrogen-bond acceptors (Lipinski definition) is 8. The van der Waals surface area contributed by atoms with Crippen LogP contribution in [0, 0.1) is 0 Å². The summed E-state index contributed by atoms with van der Waals surface area (Å²) in [6.07, 6.45) is -1.33. The van der Waals surface area contributed by atoms with Gasteiger partial charge in [-0.15, -0.1) is 0 Å². The molecule has 0 amide bonds. The molecule has 2 aromatic rings. The van der Waals surface area contributed by atoms with E-state index < -0.39 is 38.7 Å². The number of nitrogens with zero attached hydrogens (tertiary/aromatic N) is 3. The molecule has 2 aromatic heterocycles. The monoisotopic (exact) mass is 423 g/mol. The lowest BCUT2D eigenvalue weighted by molar-refractivity contribution is -0.0795. The van der Waals surface area contributed by atoms with Gasteiger partial charge in [-0.1, -0.05) is 41.5 Å². The summed E-state index contributed by atoms with van der Waals surface area (Å²) in [7, 11) is -2.75. The average Bonchev–Trinajstić information content (AvgIpc) is 3.14. The summed E-state index contributed by atoms with van der Waals surface area (Å²) in [5.74, 6) is -0.0272. The van der Waals surface area contributed by atoms with Crippen LogP contribution < -0.4 is 11.3 Å². The summed E-state index contributed by atoms with van der Waals surface area (Å²) in [6, 6.07) is 0. The second-order valence-electron chi connectivity index (χ2n) is 9.84. The highest BCUT2D eigenvalue weighted by molar-refractivity contribution is 6.73. The largest absolute Gasteiger partial charge is 0.391 e. The van der Waals surface area contributed by atoms with E-state index in [0.717, 1.165) is 0 Å². The molecule has 10 nitrogen and oxygen atoms in total. The third kappa shape index (κ3) is 2.95. The van der Waals surface area contributed by atoms with Crippen molar-refractivity contribution in [1.29, 1.82) is 0 Å². The molecule has 0 spiro atoms. The molecule has 4 atom stereocenters. The number of nitrogens with one attached hydrogen (secondary N) is 1. The standard InChI is InChI=1S/C18H29N5O5Si/c1-17(2,3)29(18(4,5)6)26-7-9-12(28-29)11(24)15(27-9)23-8-20-10-13(23)21-16(19)22-14(10)25/h8-9,11-12,15,24H,7H2,1-6H3,(H3,19,21,22,25)/t9-,11-,12-,15-/m1/s1. The van der Waals surface area contributed by atoms with Crippen LogP contribution in [-0.4, -0.2) is 58.1 Å². The molecule has 4 heterocycles. The highest BCUT2D eigenvalue weighted by Gasteiger charge is 2.65. The predicted octanol–water partition coefficient (Wildman–Crippen LogP) is 1.42. The van der Waals surface area contributed by atoms with E-state index in [1.54, 1.807) is 0 Å². The van der Waals surface area contributed by atoms with Crippen molar-refractivity contribution in [2.24, 2.45) is 0 Å². The van der Waals surface area contributed by atoms with E-state index in [0.29, 0.717) is 6.61 Å². The van der Waals surface area contributed by atoms with E-state index in [-0.39, 0.29) is 27.2 Å². The van der Waals surface area contributed by atoms with Gasteiger partial charge in [0, 0.05) is 10.1 Å². The fourth-order valence-electron chi connectivity index (χ4n) is 4.70. The first-order valence-electron chi connectivity index (χ1n) is 9.73. The van der Waals surface area contributed by atoms with Gasteiger partial charge in [0.2, 0.25) is 5.95 Å². The van der Waals surface area contributed by atoms with Gasteiger partial charge in [-0.05, 0) is 0 Å². The molecule has 29 heavy (non-hydrogen) atoms. The number of H-pyrrole nitrogens is 1. The van der Waals surface area contributed by atoms with Crippen LogP contribution in [0.1, 0.15) is 47.8 Å². The number of aliphatic hydroxyl groups is 1. The van der Waals surface area contributed by atoms with Crippen LogP contribution in [0.15, 0.2) is 11.1 Å². The molecule has 4 N–H and O–H groups in total. The zero-order valence-electron chi connectivity index (χ0n) is 17.6. The van der Waals surface area contributed by atoms with Crippen LogP contribution in [0.2, 0.25) is 10.1 Å². The Bertz CT molecular complexity index is 977. The van der Waals surface area contributed by atoms with E-state index >= 15 is 0 Å². The molecule has 11 heteroatoms. The molecule has 4 rings (SSSR count). The third-order valence-electron chi connectivity index (χ3n) is 5.76. The van der Waals surface area contributed by atoms with Crippen LogP contribution in [0.5, 0.6) is 0 Å². The van der Waals surface area contributed by atoms with Crippen molar-refractivity contribution < 1.29 is 18.7 Å². The first-order valence-corrected chi connectivity index (χ1v) is 11.5. The van der Waals surface area contributed by atoms with E-state index in [1.807, 2.05) is 0 Å². The zero-order chi connectivity index (χ0) is 21.4. The van der Waals surface area contributed by atoms with Gasteiger partial charge < -0.3 is 24.4 Å². The molecule has 0 unspecified atom stereocenters. The lowest BCUT2D eigenvalue weighted by atomic mass is 10.1. The summed E-state index contributed by atoms with van der Waals surface area (Å²) in [5, 5.41) is 10.7. The number of anilines is 1. The maximum Gasteiger partial charge on any atom is 0.349 e. The number of aliphatic hydroxyl groups excluding tert-OH is 1. The highest BCUT2D eigenvalue weighted by Crippen LogP contribution is 2.55. The Labute approximate surface area is 169 Å². The van der Waals surface area contributed by atoms with Gasteiger partial charge in [-0.25, -0.2) is 4.98 Å². The van der Waals surface area contributed by atoms with Crippen molar-refractivity contribution in [3.63, 3.8) is 0 Å². The number of rotatable bonds is 1. The van der Waals surface area contributed by atoms with E-state index in [2.05, 4.69) is 56.5 Å². The minimum Gasteiger partial charge on any atom is -0.391 e. The molecular formula is C18H29N5O5Si. The minimum atomic E-state index is -2.75. The van der Waals surface area contributed by atoms with Gasteiger partial charge >= 0.3 is 8.56 Å². The number of hydrogen-bond donors (Lipinski definition) is 3. The molecule has 0 aromatic carbocycles. The summed E-state index contributed by atoms with van der Waals surface area (Å²) in [6.45, 7) is 13.0. The lowest BCUT2D eigenvalue weighted by Gasteiger charge is -2.53. The second kappa shape index (κ2) is 6.35. The van der Waals surface area contributed by atoms with Crippen molar-refractivity contribution in [3.8, 4) is 0 Å². The topological polar surface area (TPSA) is 138 Å². The van der Waals surface area contributed by atoms with Crippen LogP contribution in [-0.2, 0) is 13.6 Å². The quantitative estimate of drug-likeness (QED) is 0.586. The van der Waals surface area contributed by atoms with Crippen molar-refractivity contribution in [2.45, 2.75) is 76.2 Å². The van der Waals surface area contributed by atoms with E-state index in [4.69, 9.17) is 19.3 Å². The number of imidazole rings is 1. The van der Waals surface area contributed by atoms with Crippen molar-refractivity contribution >= 4 is 25.7 Å². The van der Waals surface area contributed by atoms with E-state index in [9.17, 15) is 9.90 Å². The first-order chi connectivity index (χ1) is 13.4. The van der Waals surface area contributed by atoms with Gasteiger partial charge in [0.15, 0.2) is 17.4 Å². The smallest absolute Gasteiger partial charge is 0.349 e. The zero-order valence-corrected chi connectivity index (χ0v) is 18.6. The maximum absolute atomic E-state index is 12.1. The van der Waals surface area contributed by atoms with Gasteiger partial charge in [-0.2, -0.15) is 4.98 Å². The molecule has 160 valence electrons. The Hall–Kier alpha value is -1.79. The Balaban J connectivity index is 1.71.